The maximum absolute atomic E-state index is 11.8. The SMILES string of the molecule is O=C(/C=C/c1cccc(Cl)c1Cl)NCc1cc([N+](=O)[O-])ccc1O. The van der Waals surface area contributed by atoms with Gasteiger partial charge in [-0.3, -0.25) is 14.9 Å². The van der Waals surface area contributed by atoms with Crippen LogP contribution in [0.15, 0.2) is 42.5 Å². The van der Waals surface area contributed by atoms with Gasteiger partial charge in [0.1, 0.15) is 5.75 Å². The molecule has 2 aromatic carbocycles. The maximum Gasteiger partial charge on any atom is 0.270 e. The first kappa shape index (κ1) is 17.8. The predicted molar refractivity (Wildman–Crippen MR) is 92.1 cm³/mol. The molecule has 2 rings (SSSR count). The highest BCUT2D eigenvalue weighted by atomic mass is 35.5. The van der Waals surface area contributed by atoms with Crippen LogP contribution in [0.1, 0.15) is 11.1 Å². The van der Waals surface area contributed by atoms with Gasteiger partial charge in [-0.2, -0.15) is 0 Å². The van der Waals surface area contributed by atoms with Gasteiger partial charge < -0.3 is 10.4 Å². The molecule has 24 heavy (non-hydrogen) atoms. The van der Waals surface area contributed by atoms with E-state index in [1.807, 2.05) is 0 Å². The summed E-state index contributed by atoms with van der Waals surface area (Å²) in [5.74, 6) is -0.584. The van der Waals surface area contributed by atoms with E-state index in [2.05, 4.69) is 5.32 Å². The standard InChI is InChI=1S/C16H12Cl2N2O4/c17-13-3-1-2-10(16(13)18)4-7-15(22)19-9-11-8-12(20(23)24)5-6-14(11)21/h1-8,21H,9H2,(H,19,22)/b7-4+. The lowest BCUT2D eigenvalue weighted by atomic mass is 10.1. The molecule has 0 unspecified atom stereocenters. The zero-order chi connectivity index (χ0) is 17.7. The molecule has 0 bridgehead atoms. The Hall–Kier alpha value is -2.57. The molecular formula is C16H12Cl2N2O4. The third kappa shape index (κ3) is 4.47. The molecule has 2 N–H and O–H groups in total. The molecule has 0 aliphatic carbocycles. The number of hydrogen-bond acceptors (Lipinski definition) is 4. The lowest BCUT2D eigenvalue weighted by molar-refractivity contribution is -0.384. The Labute approximate surface area is 147 Å². The molecule has 0 fully saturated rings. The molecule has 0 radical (unpaired) electrons. The van der Waals surface area contributed by atoms with Crippen LogP contribution in [-0.2, 0) is 11.3 Å². The van der Waals surface area contributed by atoms with Gasteiger partial charge in [0.2, 0.25) is 5.91 Å². The van der Waals surface area contributed by atoms with Crippen LogP contribution in [0.5, 0.6) is 5.75 Å². The average Bonchev–Trinajstić information content (AvgIpc) is 2.55. The average molecular weight is 367 g/mol. The van der Waals surface area contributed by atoms with Gasteiger partial charge in [-0.1, -0.05) is 35.3 Å². The molecule has 0 spiro atoms. The Morgan fingerprint density at radius 2 is 2.04 bits per heavy atom. The van der Waals surface area contributed by atoms with E-state index in [0.29, 0.717) is 15.6 Å². The smallest absolute Gasteiger partial charge is 0.270 e. The van der Waals surface area contributed by atoms with Crippen molar-refractivity contribution in [2.24, 2.45) is 0 Å². The summed E-state index contributed by atoms with van der Waals surface area (Å²) in [5.41, 5.74) is 0.655. The summed E-state index contributed by atoms with van der Waals surface area (Å²) >= 11 is 11.9. The summed E-state index contributed by atoms with van der Waals surface area (Å²) in [6, 6.07) is 8.62. The van der Waals surface area contributed by atoms with Crippen molar-refractivity contribution in [3.05, 3.63) is 73.8 Å². The van der Waals surface area contributed by atoms with Crippen LogP contribution in [0, 0.1) is 10.1 Å². The first-order valence-corrected chi connectivity index (χ1v) is 7.50. The van der Waals surface area contributed by atoms with Crippen molar-refractivity contribution < 1.29 is 14.8 Å². The number of phenolic OH excluding ortho intramolecular Hbond substituents is 1. The summed E-state index contributed by atoms with van der Waals surface area (Å²) in [7, 11) is 0. The topological polar surface area (TPSA) is 92.5 Å². The van der Waals surface area contributed by atoms with E-state index in [0.717, 1.165) is 0 Å². The number of non-ortho nitro benzene ring substituents is 1. The van der Waals surface area contributed by atoms with Gasteiger partial charge >= 0.3 is 0 Å². The Kier molecular flexibility index (Phi) is 5.78. The molecule has 0 atom stereocenters. The number of carbonyl (C=O) groups is 1. The van der Waals surface area contributed by atoms with Crippen LogP contribution < -0.4 is 5.32 Å². The van der Waals surface area contributed by atoms with Gasteiger partial charge in [0.15, 0.2) is 0 Å². The van der Waals surface area contributed by atoms with Crippen molar-refractivity contribution in [1.29, 1.82) is 0 Å². The van der Waals surface area contributed by atoms with Crippen molar-refractivity contribution in [2.75, 3.05) is 0 Å². The van der Waals surface area contributed by atoms with Crippen LogP contribution >= 0.6 is 23.2 Å². The van der Waals surface area contributed by atoms with Gasteiger partial charge in [0.25, 0.3) is 5.69 Å². The second-order valence-electron chi connectivity index (χ2n) is 4.76. The minimum absolute atomic E-state index is 0.0556. The second kappa shape index (κ2) is 7.81. The van der Waals surface area contributed by atoms with Crippen LogP contribution in [-0.4, -0.2) is 15.9 Å². The number of benzene rings is 2. The molecule has 0 aromatic heterocycles. The largest absolute Gasteiger partial charge is 0.508 e. The number of nitrogens with one attached hydrogen (secondary N) is 1. The summed E-state index contributed by atoms with van der Waals surface area (Å²) in [4.78, 5) is 22.0. The van der Waals surface area contributed by atoms with Crippen molar-refractivity contribution in [2.45, 2.75) is 6.54 Å². The van der Waals surface area contributed by atoms with E-state index in [1.165, 1.54) is 30.4 Å². The number of hydrogen-bond donors (Lipinski definition) is 2. The van der Waals surface area contributed by atoms with Gasteiger partial charge in [-0.05, 0) is 23.8 Å². The lowest BCUT2D eigenvalue weighted by Crippen LogP contribution is -2.20. The highest BCUT2D eigenvalue weighted by molar-refractivity contribution is 6.42. The van der Waals surface area contributed by atoms with Crippen LogP contribution in [0.25, 0.3) is 6.08 Å². The normalized spacial score (nSPS) is 10.8. The molecule has 2 aromatic rings. The fourth-order valence-electron chi connectivity index (χ4n) is 1.88. The van der Waals surface area contributed by atoms with E-state index < -0.39 is 10.8 Å². The van der Waals surface area contributed by atoms with Crippen molar-refractivity contribution >= 4 is 40.9 Å². The summed E-state index contributed by atoms with van der Waals surface area (Å²) in [6.45, 7) is -0.0556. The number of phenols is 1. The fraction of sp³-hybridized carbons (Fsp3) is 0.0625. The van der Waals surface area contributed by atoms with Crippen LogP contribution in [0.3, 0.4) is 0 Å². The Morgan fingerprint density at radius 1 is 1.29 bits per heavy atom. The summed E-state index contributed by atoms with van der Waals surface area (Å²) in [5, 5.41) is 23.6. The second-order valence-corrected chi connectivity index (χ2v) is 5.55. The third-order valence-electron chi connectivity index (χ3n) is 3.12. The molecule has 0 saturated heterocycles. The van der Waals surface area contributed by atoms with Crippen molar-refractivity contribution in [3.63, 3.8) is 0 Å². The Morgan fingerprint density at radius 3 is 2.75 bits per heavy atom. The molecule has 0 heterocycles. The molecular weight excluding hydrogens is 355 g/mol. The summed E-state index contributed by atoms with van der Waals surface area (Å²) in [6.07, 6.45) is 2.75. The maximum atomic E-state index is 11.8. The zero-order valence-corrected chi connectivity index (χ0v) is 13.7. The third-order valence-corrected chi connectivity index (χ3v) is 3.96. The molecule has 124 valence electrons. The fourth-order valence-corrected chi connectivity index (χ4v) is 2.25. The molecule has 0 aliphatic heterocycles. The number of halogens is 2. The van der Waals surface area contributed by atoms with E-state index in [9.17, 15) is 20.0 Å². The lowest BCUT2D eigenvalue weighted by Gasteiger charge is -2.05. The van der Waals surface area contributed by atoms with Crippen LogP contribution in [0.4, 0.5) is 5.69 Å². The molecule has 0 aliphatic rings. The molecule has 8 heteroatoms. The predicted octanol–water partition coefficient (Wildman–Crippen LogP) is 3.94. The first-order chi connectivity index (χ1) is 11.4. The van der Waals surface area contributed by atoms with E-state index >= 15 is 0 Å². The monoisotopic (exact) mass is 366 g/mol. The van der Waals surface area contributed by atoms with Gasteiger partial charge in [-0.25, -0.2) is 0 Å². The quantitative estimate of drug-likeness (QED) is 0.476. The number of aromatic hydroxyl groups is 1. The number of nitrogens with zero attached hydrogens (tertiary/aromatic N) is 1. The number of nitro groups is 1. The Bertz CT molecular complexity index is 822. The molecule has 1 amide bonds. The highest BCUT2D eigenvalue weighted by Gasteiger charge is 2.10. The summed E-state index contributed by atoms with van der Waals surface area (Å²) < 4.78 is 0. The van der Waals surface area contributed by atoms with E-state index in [4.69, 9.17) is 23.2 Å². The molecule has 6 nitrogen and oxygen atoms in total. The van der Waals surface area contributed by atoms with Gasteiger partial charge in [0.05, 0.1) is 15.0 Å². The van der Waals surface area contributed by atoms with Crippen LogP contribution in [0.2, 0.25) is 10.0 Å². The van der Waals surface area contributed by atoms with E-state index in [1.54, 1.807) is 18.2 Å². The number of rotatable bonds is 5. The highest BCUT2D eigenvalue weighted by Crippen LogP contribution is 2.26. The number of nitro benzene ring substituents is 1. The first-order valence-electron chi connectivity index (χ1n) is 6.74. The van der Waals surface area contributed by atoms with Crippen molar-refractivity contribution in [1.82, 2.24) is 5.32 Å². The van der Waals surface area contributed by atoms with Crippen molar-refractivity contribution in [3.8, 4) is 5.75 Å². The number of carbonyl (C=O) groups excluding carboxylic acids is 1. The zero-order valence-electron chi connectivity index (χ0n) is 12.2. The van der Waals surface area contributed by atoms with Gasteiger partial charge in [0, 0.05) is 30.3 Å². The Balaban J connectivity index is 2.03. The van der Waals surface area contributed by atoms with E-state index in [-0.39, 0.29) is 23.5 Å². The van der Waals surface area contributed by atoms with Gasteiger partial charge in [-0.15, -0.1) is 0 Å². The minimum Gasteiger partial charge on any atom is -0.508 e. The molecule has 0 saturated carbocycles. The number of amides is 1. The minimum atomic E-state index is -0.578.